The quantitative estimate of drug-likeness (QED) is 0.189. The van der Waals surface area contributed by atoms with Gasteiger partial charge >= 0.3 is 0 Å². The first-order valence-corrected chi connectivity index (χ1v) is 8.55. The number of hydrogen-bond acceptors (Lipinski definition) is 3. The molecule has 6 nitrogen and oxygen atoms in total. The van der Waals surface area contributed by atoms with Crippen LogP contribution >= 0.6 is 24.0 Å². The van der Waals surface area contributed by atoms with E-state index >= 15 is 0 Å². The van der Waals surface area contributed by atoms with Gasteiger partial charge < -0.3 is 10.6 Å². The zero-order valence-corrected chi connectivity index (χ0v) is 15.2. The molecule has 0 aromatic heterocycles. The maximum absolute atomic E-state index is 10.9. The van der Waals surface area contributed by atoms with E-state index in [1.807, 2.05) is 6.92 Å². The summed E-state index contributed by atoms with van der Waals surface area (Å²) in [6.45, 7) is 3.85. The minimum absolute atomic E-state index is 0. The van der Waals surface area contributed by atoms with Crippen LogP contribution in [0.5, 0.6) is 0 Å². The molecule has 0 fully saturated rings. The summed E-state index contributed by atoms with van der Waals surface area (Å²) in [5, 5.41) is 6.55. The van der Waals surface area contributed by atoms with Gasteiger partial charge in [0.05, 0.1) is 6.26 Å². The van der Waals surface area contributed by atoms with E-state index < -0.39 is 10.0 Å². The minimum atomic E-state index is -3.09. The molecule has 0 aromatic rings. The Morgan fingerprint density at radius 2 is 2.00 bits per heavy atom. The van der Waals surface area contributed by atoms with Gasteiger partial charge in [0.25, 0.3) is 0 Å². The van der Waals surface area contributed by atoms with Gasteiger partial charge in [-0.3, -0.25) is 4.99 Å². The molecule has 0 radical (unpaired) electrons. The molecule has 0 unspecified atom stereocenters. The fraction of sp³-hybridized carbons (Fsp3) is 0.750. The highest BCUT2D eigenvalue weighted by molar-refractivity contribution is 14.0. The largest absolute Gasteiger partial charge is 0.357 e. The third-order valence-corrected chi connectivity index (χ3v) is 3.39. The monoisotopic (exact) mass is 416 g/mol. The molecular formula is C12H25IN4O2S. The van der Waals surface area contributed by atoms with Crippen molar-refractivity contribution in [3.63, 3.8) is 0 Å². The van der Waals surface area contributed by atoms with Crippen LogP contribution in [-0.4, -0.2) is 46.3 Å². The number of guanidine groups is 1. The van der Waals surface area contributed by atoms with Crippen molar-refractivity contribution in [3.8, 4) is 0 Å². The average Bonchev–Trinajstić information content (AvgIpc) is 2.80. The van der Waals surface area contributed by atoms with E-state index in [4.69, 9.17) is 0 Å². The second-order valence-electron chi connectivity index (χ2n) is 4.56. The summed E-state index contributed by atoms with van der Waals surface area (Å²) in [7, 11) is -3.09. The summed E-state index contributed by atoms with van der Waals surface area (Å²) < 4.78 is 24.2. The lowest BCUT2D eigenvalue weighted by molar-refractivity contribution is 0.585. The van der Waals surface area contributed by atoms with Crippen LogP contribution in [0.25, 0.3) is 0 Å². The van der Waals surface area contributed by atoms with Crippen LogP contribution in [0.1, 0.15) is 26.2 Å². The summed E-state index contributed by atoms with van der Waals surface area (Å²) >= 11 is 0. The number of rotatable bonds is 7. The topological polar surface area (TPSA) is 82.6 Å². The Balaban J connectivity index is 0.00000361. The number of nitrogens with one attached hydrogen (secondary N) is 3. The maximum Gasteiger partial charge on any atom is 0.208 e. The Hall–Kier alpha value is -0.350. The van der Waals surface area contributed by atoms with Gasteiger partial charge in [0.15, 0.2) is 5.96 Å². The lowest BCUT2D eigenvalue weighted by Gasteiger charge is -2.16. The number of halogens is 1. The smallest absolute Gasteiger partial charge is 0.208 e. The zero-order chi connectivity index (χ0) is 14.1. The van der Waals surface area contributed by atoms with Gasteiger partial charge in [-0.25, -0.2) is 13.1 Å². The molecular weight excluding hydrogens is 391 g/mol. The molecule has 3 N–H and O–H groups in total. The third-order valence-electron chi connectivity index (χ3n) is 2.66. The second-order valence-corrected chi connectivity index (χ2v) is 6.40. The molecule has 1 aliphatic carbocycles. The number of nitrogens with zero attached hydrogens (tertiary/aromatic N) is 1. The van der Waals surface area contributed by atoms with Crippen molar-refractivity contribution in [2.24, 2.45) is 4.99 Å². The van der Waals surface area contributed by atoms with Gasteiger partial charge in [-0.2, -0.15) is 0 Å². The Morgan fingerprint density at radius 1 is 1.35 bits per heavy atom. The highest BCUT2D eigenvalue weighted by Crippen LogP contribution is 2.08. The molecule has 1 rings (SSSR count). The summed E-state index contributed by atoms with van der Waals surface area (Å²) in [4.78, 5) is 4.43. The van der Waals surface area contributed by atoms with E-state index in [1.165, 1.54) is 0 Å². The van der Waals surface area contributed by atoms with Crippen LogP contribution in [-0.2, 0) is 10.0 Å². The lowest BCUT2D eigenvalue weighted by Crippen LogP contribution is -2.42. The van der Waals surface area contributed by atoms with Crippen molar-refractivity contribution < 1.29 is 8.42 Å². The highest BCUT2D eigenvalue weighted by atomic mass is 127. The number of sulfonamides is 1. The summed E-state index contributed by atoms with van der Waals surface area (Å²) in [6, 6.07) is 0.423. The molecule has 20 heavy (non-hydrogen) atoms. The minimum Gasteiger partial charge on any atom is -0.357 e. The van der Waals surface area contributed by atoms with E-state index in [2.05, 4.69) is 32.5 Å². The van der Waals surface area contributed by atoms with E-state index in [1.54, 1.807) is 0 Å². The number of hydrogen-bond donors (Lipinski definition) is 3. The average molecular weight is 416 g/mol. The molecule has 1 aliphatic rings. The molecule has 8 heteroatoms. The summed E-state index contributed by atoms with van der Waals surface area (Å²) in [5.74, 6) is 0.801. The van der Waals surface area contributed by atoms with E-state index in [0.717, 1.165) is 31.6 Å². The molecule has 0 atom stereocenters. The molecule has 0 heterocycles. The molecule has 0 aliphatic heterocycles. The van der Waals surface area contributed by atoms with Gasteiger partial charge in [0.1, 0.15) is 0 Å². The van der Waals surface area contributed by atoms with Crippen molar-refractivity contribution in [2.45, 2.75) is 32.2 Å². The van der Waals surface area contributed by atoms with Crippen molar-refractivity contribution in [3.05, 3.63) is 12.2 Å². The van der Waals surface area contributed by atoms with Crippen molar-refractivity contribution in [2.75, 3.05) is 25.9 Å². The van der Waals surface area contributed by atoms with Crippen LogP contribution in [0, 0.1) is 0 Å². The van der Waals surface area contributed by atoms with Crippen molar-refractivity contribution in [1.82, 2.24) is 15.4 Å². The first-order valence-electron chi connectivity index (χ1n) is 6.65. The van der Waals surface area contributed by atoms with Gasteiger partial charge in [-0.05, 0) is 26.2 Å². The van der Waals surface area contributed by atoms with E-state index in [-0.39, 0.29) is 24.0 Å². The van der Waals surface area contributed by atoms with Gasteiger partial charge in [-0.15, -0.1) is 24.0 Å². The number of aliphatic imine (C=N–C) groups is 1. The van der Waals surface area contributed by atoms with Crippen molar-refractivity contribution >= 4 is 40.0 Å². The fourth-order valence-corrected chi connectivity index (χ4v) is 2.29. The maximum atomic E-state index is 10.9. The summed E-state index contributed by atoms with van der Waals surface area (Å²) in [5.41, 5.74) is 0. The van der Waals surface area contributed by atoms with Gasteiger partial charge in [0.2, 0.25) is 10.0 Å². The molecule has 0 saturated carbocycles. The fourth-order valence-electron chi connectivity index (χ4n) is 1.78. The predicted octanol–water partition coefficient (Wildman–Crippen LogP) is 0.817. The van der Waals surface area contributed by atoms with Gasteiger partial charge in [0, 0.05) is 25.7 Å². The molecule has 118 valence electrons. The predicted molar refractivity (Wildman–Crippen MR) is 94.2 cm³/mol. The molecule has 0 aromatic carbocycles. The highest BCUT2D eigenvalue weighted by Gasteiger charge is 2.11. The van der Waals surface area contributed by atoms with Crippen LogP contribution in [0.4, 0.5) is 0 Å². The van der Waals surface area contributed by atoms with Crippen molar-refractivity contribution in [1.29, 1.82) is 0 Å². The second kappa shape index (κ2) is 10.4. The van der Waals surface area contributed by atoms with Gasteiger partial charge in [-0.1, -0.05) is 12.2 Å². The van der Waals surface area contributed by atoms with Crippen LogP contribution in [0.3, 0.4) is 0 Å². The molecule has 0 bridgehead atoms. The first-order chi connectivity index (χ1) is 9.01. The zero-order valence-electron chi connectivity index (χ0n) is 12.1. The third kappa shape index (κ3) is 9.54. The molecule has 0 amide bonds. The molecule has 0 spiro atoms. The Morgan fingerprint density at radius 3 is 2.55 bits per heavy atom. The normalized spacial score (nSPS) is 16.0. The van der Waals surface area contributed by atoms with Crippen LogP contribution < -0.4 is 15.4 Å². The lowest BCUT2D eigenvalue weighted by atomic mass is 10.2. The standard InChI is InChI=1S/C12H24N4O2S.HI/c1-3-13-12(16-11-7-4-5-8-11)14-9-6-10-15-19(2,17)18;/h4-5,11,15H,3,6-10H2,1-2H3,(H2,13,14,16);1H. The van der Waals surface area contributed by atoms with E-state index in [9.17, 15) is 8.42 Å². The Kier molecular flexibility index (Phi) is 10.2. The first kappa shape index (κ1) is 19.7. The Labute approximate surface area is 139 Å². The van der Waals surface area contributed by atoms with E-state index in [0.29, 0.717) is 25.6 Å². The van der Waals surface area contributed by atoms with Crippen LogP contribution in [0.2, 0.25) is 0 Å². The Bertz CT molecular complexity index is 415. The summed E-state index contributed by atoms with van der Waals surface area (Å²) in [6.07, 6.45) is 8.23. The molecule has 0 saturated heterocycles. The SMILES string of the molecule is CCNC(=NCCCNS(C)(=O)=O)NC1CC=CC1.I. The van der Waals surface area contributed by atoms with Crippen LogP contribution in [0.15, 0.2) is 17.1 Å².